The molecule has 15 heteroatoms. The van der Waals surface area contributed by atoms with Gasteiger partial charge in [0.2, 0.25) is 5.82 Å². The SMILES string of the molecule is CCOC(=O)CCN1CCN(c2nc(C)nc(Nc3nc(-c4cc(F)cc(C(F)(F)F)c4)c(CN4CCC[C@H]4CC)s3)c2F)CC1. The maximum absolute atomic E-state index is 15.9. The van der Waals surface area contributed by atoms with Crippen molar-refractivity contribution in [1.82, 2.24) is 24.8 Å². The smallest absolute Gasteiger partial charge is 0.416 e. The molecule has 46 heavy (non-hydrogen) atoms. The molecule has 250 valence electrons. The van der Waals surface area contributed by atoms with E-state index >= 15 is 4.39 Å². The predicted molar refractivity (Wildman–Crippen MR) is 166 cm³/mol. The van der Waals surface area contributed by atoms with Crippen LogP contribution in [0.1, 0.15) is 55.8 Å². The van der Waals surface area contributed by atoms with Crippen LogP contribution in [0, 0.1) is 18.6 Å². The molecule has 1 N–H and O–H groups in total. The van der Waals surface area contributed by atoms with E-state index < -0.39 is 23.4 Å². The number of piperazine rings is 1. The van der Waals surface area contributed by atoms with Gasteiger partial charge in [-0.3, -0.25) is 14.6 Å². The zero-order valence-corrected chi connectivity index (χ0v) is 26.9. The summed E-state index contributed by atoms with van der Waals surface area (Å²) in [5.74, 6) is -1.62. The molecule has 0 aliphatic carbocycles. The van der Waals surface area contributed by atoms with Crippen molar-refractivity contribution in [2.45, 2.75) is 65.2 Å². The summed E-state index contributed by atoms with van der Waals surface area (Å²) in [5.41, 5.74) is -0.893. The fourth-order valence-electron chi connectivity index (χ4n) is 5.98. The quantitative estimate of drug-likeness (QED) is 0.185. The first-order valence-corrected chi connectivity index (χ1v) is 16.3. The highest BCUT2D eigenvalue weighted by Gasteiger charge is 2.33. The zero-order valence-electron chi connectivity index (χ0n) is 26.1. The van der Waals surface area contributed by atoms with E-state index in [-0.39, 0.29) is 40.4 Å². The van der Waals surface area contributed by atoms with Crippen molar-refractivity contribution in [2.75, 3.05) is 56.1 Å². The second-order valence-corrected chi connectivity index (χ2v) is 12.5. The van der Waals surface area contributed by atoms with Crippen molar-refractivity contribution in [3.05, 3.63) is 46.1 Å². The van der Waals surface area contributed by atoms with Crippen LogP contribution < -0.4 is 10.2 Å². The zero-order chi connectivity index (χ0) is 33.0. The Morgan fingerprint density at radius 1 is 1.07 bits per heavy atom. The molecule has 2 aliphatic heterocycles. The monoisotopic (exact) mass is 667 g/mol. The first-order chi connectivity index (χ1) is 21.9. The van der Waals surface area contributed by atoms with Gasteiger partial charge in [-0.25, -0.2) is 19.3 Å². The second-order valence-electron chi connectivity index (χ2n) is 11.5. The largest absolute Gasteiger partial charge is 0.466 e. The molecule has 1 atom stereocenters. The minimum Gasteiger partial charge on any atom is -0.466 e. The summed E-state index contributed by atoms with van der Waals surface area (Å²) in [6.45, 7) is 9.80. The third-order valence-electron chi connectivity index (χ3n) is 8.29. The van der Waals surface area contributed by atoms with Gasteiger partial charge in [-0.2, -0.15) is 17.6 Å². The second kappa shape index (κ2) is 14.6. The number of halogens is 5. The van der Waals surface area contributed by atoms with Crippen LogP contribution in [-0.2, 0) is 22.3 Å². The van der Waals surface area contributed by atoms with Gasteiger partial charge in [0.1, 0.15) is 11.6 Å². The van der Waals surface area contributed by atoms with Crippen LogP contribution in [0.3, 0.4) is 0 Å². The molecule has 2 fully saturated rings. The van der Waals surface area contributed by atoms with E-state index in [0.717, 1.165) is 37.9 Å². The Morgan fingerprint density at radius 2 is 1.83 bits per heavy atom. The number of nitrogens with zero attached hydrogens (tertiary/aromatic N) is 6. The van der Waals surface area contributed by atoms with Crippen LogP contribution >= 0.6 is 11.3 Å². The number of rotatable bonds is 11. The van der Waals surface area contributed by atoms with Gasteiger partial charge in [0.25, 0.3) is 0 Å². The Hall–Kier alpha value is -3.43. The van der Waals surface area contributed by atoms with Gasteiger partial charge < -0.3 is 15.0 Å². The van der Waals surface area contributed by atoms with Crippen LogP contribution in [-0.4, -0.2) is 82.6 Å². The molecule has 2 saturated heterocycles. The molecule has 2 aromatic heterocycles. The number of aromatic nitrogens is 3. The molecular weight excluding hydrogens is 629 g/mol. The molecule has 3 aromatic rings. The molecule has 0 bridgehead atoms. The fourth-order valence-corrected chi connectivity index (χ4v) is 6.99. The summed E-state index contributed by atoms with van der Waals surface area (Å²) in [6.07, 6.45) is -1.51. The van der Waals surface area contributed by atoms with Crippen molar-refractivity contribution >= 4 is 34.1 Å². The Kier molecular flexibility index (Phi) is 10.7. The Bertz CT molecular complexity index is 1530. The lowest BCUT2D eigenvalue weighted by molar-refractivity contribution is -0.143. The number of carbonyl (C=O) groups excluding carboxylic acids is 1. The summed E-state index contributed by atoms with van der Waals surface area (Å²) < 4.78 is 76.2. The molecule has 9 nitrogen and oxygen atoms in total. The Balaban J connectivity index is 1.40. The molecular formula is C31H38F5N7O2S. The maximum atomic E-state index is 15.9. The summed E-state index contributed by atoms with van der Waals surface area (Å²) in [7, 11) is 0. The molecule has 4 heterocycles. The summed E-state index contributed by atoms with van der Waals surface area (Å²) in [4.78, 5) is 31.7. The lowest BCUT2D eigenvalue weighted by Crippen LogP contribution is -2.47. The number of benzene rings is 1. The molecule has 0 saturated carbocycles. The topological polar surface area (TPSA) is 86.7 Å². The number of aryl methyl sites for hydroxylation is 1. The van der Waals surface area contributed by atoms with Crippen molar-refractivity contribution in [3.63, 3.8) is 0 Å². The number of esters is 1. The normalized spacial score (nSPS) is 17.9. The molecule has 1 aromatic carbocycles. The number of carbonyl (C=O) groups is 1. The third-order valence-corrected chi connectivity index (χ3v) is 9.25. The van der Waals surface area contributed by atoms with Gasteiger partial charge in [0.05, 0.1) is 24.3 Å². The van der Waals surface area contributed by atoms with Crippen molar-refractivity contribution < 1.29 is 31.5 Å². The number of ether oxygens (including phenoxy) is 1. The van der Waals surface area contributed by atoms with Gasteiger partial charge in [-0.15, -0.1) is 0 Å². The van der Waals surface area contributed by atoms with E-state index in [1.165, 1.54) is 11.3 Å². The summed E-state index contributed by atoms with van der Waals surface area (Å²) >= 11 is 1.18. The molecule has 0 spiro atoms. The molecule has 0 radical (unpaired) electrons. The van der Waals surface area contributed by atoms with Crippen LogP contribution in [0.4, 0.5) is 38.7 Å². The molecule has 0 unspecified atom stereocenters. The summed E-state index contributed by atoms with van der Waals surface area (Å²) in [6, 6.07) is 2.72. The maximum Gasteiger partial charge on any atom is 0.416 e. The minimum absolute atomic E-state index is 0.000253. The van der Waals surface area contributed by atoms with E-state index in [9.17, 15) is 22.4 Å². The van der Waals surface area contributed by atoms with Crippen molar-refractivity contribution in [3.8, 4) is 11.3 Å². The number of nitrogens with one attached hydrogen (secondary N) is 1. The highest BCUT2D eigenvalue weighted by molar-refractivity contribution is 7.16. The number of thiazole rings is 1. The third kappa shape index (κ3) is 8.10. The highest BCUT2D eigenvalue weighted by Crippen LogP contribution is 2.39. The number of hydrogen-bond acceptors (Lipinski definition) is 10. The lowest BCUT2D eigenvalue weighted by Gasteiger charge is -2.35. The van der Waals surface area contributed by atoms with Gasteiger partial charge in [0, 0.05) is 55.8 Å². The van der Waals surface area contributed by atoms with Crippen LogP contribution in [0.2, 0.25) is 0 Å². The molecule has 2 aliphatic rings. The van der Waals surface area contributed by atoms with E-state index in [1.54, 1.807) is 13.8 Å². The number of hydrogen-bond donors (Lipinski definition) is 1. The number of alkyl halides is 3. The minimum atomic E-state index is -4.74. The summed E-state index contributed by atoms with van der Waals surface area (Å²) in [5, 5.41) is 3.17. The first-order valence-electron chi connectivity index (χ1n) is 15.5. The Labute approximate surface area is 268 Å². The van der Waals surface area contributed by atoms with Crippen LogP contribution in [0.5, 0.6) is 0 Å². The van der Waals surface area contributed by atoms with Crippen molar-refractivity contribution in [2.24, 2.45) is 0 Å². The van der Waals surface area contributed by atoms with Crippen LogP contribution in [0.25, 0.3) is 11.3 Å². The predicted octanol–water partition coefficient (Wildman–Crippen LogP) is 6.40. The van der Waals surface area contributed by atoms with Gasteiger partial charge in [0.15, 0.2) is 16.8 Å². The highest BCUT2D eigenvalue weighted by atomic mass is 32.1. The Morgan fingerprint density at radius 3 is 2.52 bits per heavy atom. The average Bonchev–Trinajstić information content (AvgIpc) is 3.64. The lowest BCUT2D eigenvalue weighted by atomic mass is 10.1. The molecule has 5 rings (SSSR count). The fraction of sp³-hybridized carbons (Fsp3) is 0.548. The first kappa shape index (κ1) is 33.9. The van der Waals surface area contributed by atoms with E-state index in [2.05, 4.69) is 37.0 Å². The average molecular weight is 668 g/mol. The van der Waals surface area contributed by atoms with E-state index in [4.69, 9.17) is 4.74 Å². The van der Waals surface area contributed by atoms with Gasteiger partial charge in [-0.1, -0.05) is 18.3 Å². The molecule has 0 amide bonds. The van der Waals surface area contributed by atoms with E-state index in [1.807, 2.05) is 4.90 Å². The standard InChI is InChI=1S/C31H38F5N7O2S/c1-4-23-7-6-9-43(23)18-24-27(20-15-21(31(34,35)36)17-22(32)16-20)39-30(46-24)40-28-26(33)29(38-19(3)37-28)42-13-11-41(12-14-42)10-8-25(44)45-5-2/h15-17,23H,4-14,18H2,1-3H3,(H,37,38,39,40)/t23-/m1/s1. The van der Waals surface area contributed by atoms with E-state index in [0.29, 0.717) is 68.7 Å². The number of anilines is 3. The van der Waals surface area contributed by atoms with Gasteiger partial charge in [-0.05, 0) is 57.9 Å². The van der Waals surface area contributed by atoms with Gasteiger partial charge >= 0.3 is 12.1 Å². The number of likely N-dealkylation sites (tertiary alicyclic amines) is 1. The van der Waals surface area contributed by atoms with Crippen molar-refractivity contribution in [1.29, 1.82) is 0 Å². The van der Waals surface area contributed by atoms with Crippen LogP contribution in [0.15, 0.2) is 18.2 Å².